The second-order valence-corrected chi connectivity index (χ2v) is 5.94. The first-order valence-corrected chi connectivity index (χ1v) is 7.00. The van der Waals surface area contributed by atoms with Crippen molar-refractivity contribution in [2.75, 3.05) is 13.1 Å². The fourth-order valence-corrected chi connectivity index (χ4v) is 2.51. The van der Waals surface area contributed by atoms with Crippen LogP contribution in [0.25, 0.3) is 0 Å². The van der Waals surface area contributed by atoms with E-state index in [2.05, 4.69) is 0 Å². The van der Waals surface area contributed by atoms with Crippen molar-refractivity contribution in [1.29, 1.82) is 0 Å². The highest BCUT2D eigenvalue weighted by atomic mass is 32.2. The van der Waals surface area contributed by atoms with Crippen LogP contribution in [0.5, 0.6) is 0 Å². The summed E-state index contributed by atoms with van der Waals surface area (Å²) in [6.07, 6.45) is 0. The molecule has 0 aliphatic heterocycles. The van der Waals surface area contributed by atoms with Crippen LogP contribution in [0.1, 0.15) is 11.1 Å². The van der Waals surface area contributed by atoms with E-state index in [9.17, 15) is 17.2 Å². The van der Waals surface area contributed by atoms with Crippen LogP contribution in [-0.4, -0.2) is 27.4 Å². The molecule has 1 rings (SSSR count). The van der Waals surface area contributed by atoms with Crippen molar-refractivity contribution in [3.05, 3.63) is 35.4 Å². The molecule has 0 amide bonds. The summed E-state index contributed by atoms with van der Waals surface area (Å²) in [4.78, 5) is 0. The third kappa shape index (κ3) is 5.07. The molecule has 1 aromatic rings. The first-order valence-electron chi connectivity index (χ1n) is 5.35. The van der Waals surface area contributed by atoms with E-state index in [-0.39, 0.29) is 5.75 Å². The Balaban J connectivity index is 2.66. The molecule has 3 N–H and O–H groups in total. The number of hydrogen-bond donors (Lipinski definition) is 2. The predicted molar refractivity (Wildman–Crippen MR) is 65.8 cm³/mol. The fraction of sp³-hybridized carbons (Fsp3) is 0.455. The molecule has 0 aliphatic rings. The number of rotatable bonds is 6. The van der Waals surface area contributed by atoms with Crippen LogP contribution in [0.3, 0.4) is 0 Å². The molecule has 7 heteroatoms. The quantitative estimate of drug-likeness (QED) is 0.815. The van der Waals surface area contributed by atoms with Crippen LogP contribution in [0.15, 0.2) is 24.3 Å². The zero-order valence-corrected chi connectivity index (χ0v) is 10.8. The highest BCUT2D eigenvalue weighted by molar-refractivity contribution is 7.88. The van der Waals surface area contributed by atoms with Gasteiger partial charge in [0, 0.05) is 0 Å². The fourth-order valence-electron chi connectivity index (χ4n) is 1.36. The lowest BCUT2D eigenvalue weighted by atomic mass is 10.2. The van der Waals surface area contributed by atoms with Gasteiger partial charge >= 0.3 is 0 Å². The molecular formula is C11H16F2N2O2S. The van der Waals surface area contributed by atoms with Gasteiger partial charge in [-0.1, -0.05) is 29.8 Å². The van der Waals surface area contributed by atoms with Gasteiger partial charge in [0.25, 0.3) is 5.92 Å². The summed E-state index contributed by atoms with van der Waals surface area (Å²) < 4.78 is 50.7. The van der Waals surface area contributed by atoms with Crippen LogP contribution in [0.2, 0.25) is 0 Å². The van der Waals surface area contributed by atoms with E-state index in [1.807, 2.05) is 17.7 Å². The van der Waals surface area contributed by atoms with Crippen molar-refractivity contribution in [1.82, 2.24) is 4.72 Å². The molecule has 0 radical (unpaired) electrons. The molecule has 0 heterocycles. The molecule has 0 aliphatic carbocycles. The number of hydrogen-bond acceptors (Lipinski definition) is 3. The SMILES string of the molecule is Cc1cccc(CS(=O)(=O)NCC(F)(F)CN)c1. The second kappa shape index (κ2) is 5.73. The van der Waals surface area contributed by atoms with Crippen molar-refractivity contribution in [2.24, 2.45) is 5.73 Å². The number of alkyl halides is 2. The molecule has 0 atom stereocenters. The van der Waals surface area contributed by atoms with E-state index < -0.39 is 29.0 Å². The highest BCUT2D eigenvalue weighted by Gasteiger charge is 2.28. The molecule has 18 heavy (non-hydrogen) atoms. The summed E-state index contributed by atoms with van der Waals surface area (Å²) in [5, 5.41) is 0. The summed E-state index contributed by atoms with van der Waals surface area (Å²) >= 11 is 0. The van der Waals surface area contributed by atoms with Crippen LogP contribution < -0.4 is 10.5 Å². The van der Waals surface area contributed by atoms with E-state index in [0.29, 0.717) is 5.56 Å². The summed E-state index contributed by atoms with van der Waals surface area (Å²) in [5.74, 6) is -3.55. The first-order chi connectivity index (χ1) is 8.24. The molecule has 0 fully saturated rings. The molecule has 0 aromatic heterocycles. The lowest BCUT2D eigenvalue weighted by Gasteiger charge is -2.14. The lowest BCUT2D eigenvalue weighted by molar-refractivity contribution is 0.0170. The van der Waals surface area contributed by atoms with Gasteiger partial charge < -0.3 is 5.73 Å². The minimum Gasteiger partial charge on any atom is -0.325 e. The normalized spacial score (nSPS) is 12.7. The minimum atomic E-state index is -3.78. The Kier molecular flexibility index (Phi) is 4.78. The van der Waals surface area contributed by atoms with Crippen molar-refractivity contribution < 1.29 is 17.2 Å². The Morgan fingerprint density at radius 1 is 1.39 bits per heavy atom. The number of halogens is 2. The summed E-state index contributed by atoms with van der Waals surface area (Å²) in [5.41, 5.74) is 6.29. The monoisotopic (exact) mass is 278 g/mol. The van der Waals surface area contributed by atoms with E-state index in [1.54, 1.807) is 18.2 Å². The second-order valence-electron chi connectivity index (χ2n) is 4.13. The molecule has 1 aromatic carbocycles. The maximum atomic E-state index is 12.8. The zero-order chi connectivity index (χ0) is 13.8. The largest absolute Gasteiger partial charge is 0.325 e. The van der Waals surface area contributed by atoms with Crippen LogP contribution in [0, 0.1) is 6.92 Å². The minimum absolute atomic E-state index is 0.324. The lowest BCUT2D eigenvalue weighted by Crippen LogP contribution is -2.41. The Hall–Kier alpha value is -1.05. The Labute approximate surface area is 105 Å². The number of sulfonamides is 1. The van der Waals surface area contributed by atoms with Crippen LogP contribution in [-0.2, 0) is 15.8 Å². The molecule has 0 saturated carbocycles. The topological polar surface area (TPSA) is 72.2 Å². The van der Waals surface area contributed by atoms with E-state index in [0.717, 1.165) is 5.56 Å². The van der Waals surface area contributed by atoms with Gasteiger partial charge in [-0.15, -0.1) is 0 Å². The van der Waals surface area contributed by atoms with Gasteiger partial charge in [0.1, 0.15) is 0 Å². The van der Waals surface area contributed by atoms with E-state index >= 15 is 0 Å². The Morgan fingerprint density at radius 2 is 2.06 bits per heavy atom. The number of nitrogens with one attached hydrogen (secondary N) is 1. The van der Waals surface area contributed by atoms with Crippen molar-refractivity contribution >= 4 is 10.0 Å². The van der Waals surface area contributed by atoms with Gasteiger partial charge in [-0.05, 0) is 12.5 Å². The first kappa shape index (κ1) is 15.0. The molecule has 0 saturated heterocycles. The van der Waals surface area contributed by atoms with Gasteiger partial charge in [-0.2, -0.15) is 0 Å². The number of benzene rings is 1. The zero-order valence-electron chi connectivity index (χ0n) is 9.99. The predicted octanol–water partition coefficient (Wildman–Crippen LogP) is 1.01. The molecule has 0 spiro atoms. The van der Waals surface area contributed by atoms with Crippen LogP contribution >= 0.6 is 0 Å². The standard InChI is InChI=1S/C11H16F2N2O2S/c1-9-3-2-4-10(5-9)6-18(16,17)15-8-11(12,13)7-14/h2-5,15H,6-8,14H2,1H3. The smallest absolute Gasteiger partial charge is 0.273 e. The Bertz CT molecular complexity index is 504. The van der Waals surface area contributed by atoms with Gasteiger partial charge in [-0.3, -0.25) is 0 Å². The molecule has 0 bridgehead atoms. The van der Waals surface area contributed by atoms with Gasteiger partial charge in [0.05, 0.1) is 18.8 Å². The third-order valence-corrected chi connectivity index (χ3v) is 3.59. The average molecular weight is 278 g/mol. The van der Waals surface area contributed by atoms with Gasteiger partial charge in [0.2, 0.25) is 10.0 Å². The summed E-state index contributed by atoms with van der Waals surface area (Å²) in [7, 11) is -3.78. The van der Waals surface area contributed by atoms with Gasteiger partial charge in [-0.25, -0.2) is 21.9 Å². The third-order valence-electron chi connectivity index (χ3n) is 2.29. The van der Waals surface area contributed by atoms with Crippen molar-refractivity contribution in [3.8, 4) is 0 Å². The molecule has 4 nitrogen and oxygen atoms in total. The van der Waals surface area contributed by atoms with Crippen molar-refractivity contribution in [2.45, 2.75) is 18.6 Å². The molecule has 102 valence electrons. The average Bonchev–Trinajstić information content (AvgIpc) is 2.26. The molecule has 0 unspecified atom stereocenters. The maximum Gasteiger partial charge on any atom is 0.273 e. The van der Waals surface area contributed by atoms with E-state index in [4.69, 9.17) is 5.73 Å². The number of nitrogens with two attached hydrogens (primary N) is 1. The van der Waals surface area contributed by atoms with Crippen LogP contribution in [0.4, 0.5) is 8.78 Å². The number of aryl methyl sites for hydroxylation is 1. The Morgan fingerprint density at radius 3 is 2.61 bits per heavy atom. The summed E-state index contributed by atoms with van der Waals surface area (Å²) in [6.45, 7) is -0.0380. The molecular weight excluding hydrogens is 262 g/mol. The highest BCUT2D eigenvalue weighted by Crippen LogP contribution is 2.11. The van der Waals surface area contributed by atoms with Gasteiger partial charge in [0.15, 0.2) is 0 Å². The maximum absolute atomic E-state index is 12.8. The van der Waals surface area contributed by atoms with E-state index in [1.165, 1.54) is 0 Å². The van der Waals surface area contributed by atoms with Crippen molar-refractivity contribution in [3.63, 3.8) is 0 Å². The summed E-state index contributed by atoms with van der Waals surface area (Å²) in [6, 6.07) is 6.87.